The van der Waals surface area contributed by atoms with Crippen molar-refractivity contribution in [3.63, 3.8) is 0 Å². The van der Waals surface area contributed by atoms with Crippen LogP contribution < -0.4 is 4.90 Å². The third kappa shape index (κ3) is 5.37. The van der Waals surface area contributed by atoms with E-state index >= 15 is 0 Å². The van der Waals surface area contributed by atoms with Crippen LogP contribution in [0.15, 0.2) is 186 Å². The fourth-order valence-electron chi connectivity index (χ4n) is 10.2. The Morgan fingerprint density at radius 2 is 0.806 bits per heavy atom. The largest absolute Gasteiger partial charge is 0.453 e. The van der Waals surface area contributed by atoms with Crippen molar-refractivity contribution >= 4 is 39.0 Å². The molecule has 5 nitrogen and oxygen atoms in total. The van der Waals surface area contributed by atoms with E-state index in [0.29, 0.717) is 17.5 Å². The van der Waals surface area contributed by atoms with Gasteiger partial charge >= 0.3 is 0 Å². The van der Waals surface area contributed by atoms with E-state index in [0.717, 1.165) is 55.7 Å². The summed E-state index contributed by atoms with van der Waals surface area (Å²) in [4.78, 5) is 17.6. The van der Waals surface area contributed by atoms with Crippen LogP contribution in [0.5, 0.6) is 0 Å². The van der Waals surface area contributed by atoms with Crippen molar-refractivity contribution in [1.82, 2.24) is 15.0 Å². The van der Waals surface area contributed by atoms with Crippen LogP contribution in [0.2, 0.25) is 0 Å². The van der Waals surface area contributed by atoms with Gasteiger partial charge < -0.3 is 9.32 Å². The predicted octanol–water partition coefficient (Wildman–Crippen LogP) is 14.9. The Bertz CT molecular complexity index is 3250. The van der Waals surface area contributed by atoms with Gasteiger partial charge in [-0.2, -0.15) is 0 Å². The maximum atomic E-state index is 7.21. The van der Waals surface area contributed by atoms with E-state index in [1.807, 2.05) is 60.7 Å². The van der Waals surface area contributed by atoms with Gasteiger partial charge in [-0.05, 0) is 80.9 Å². The molecule has 0 aliphatic heterocycles. The molecule has 0 amide bonds. The van der Waals surface area contributed by atoms with Crippen molar-refractivity contribution in [2.75, 3.05) is 4.90 Å². The van der Waals surface area contributed by atoms with Crippen LogP contribution in [0.3, 0.4) is 0 Å². The van der Waals surface area contributed by atoms with Crippen molar-refractivity contribution in [3.8, 4) is 56.4 Å². The van der Waals surface area contributed by atoms with E-state index < -0.39 is 0 Å². The van der Waals surface area contributed by atoms with Crippen LogP contribution in [0.25, 0.3) is 78.4 Å². The Morgan fingerprint density at radius 3 is 1.35 bits per heavy atom. The van der Waals surface area contributed by atoms with Gasteiger partial charge in [0.25, 0.3) is 0 Å². The number of fused-ring (bicyclic) bond motifs is 9. The zero-order chi connectivity index (χ0) is 41.7. The molecule has 62 heavy (non-hydrogen) atoms. The molecule has 0 saturated carbocycles. The number of hydrogen-bond acceptors (Lipinski definition) is 5. The molecule has 2 heterocycles. The minimum absolute atomic E-state index is 0.169. The Morgan fingerprint density at radius 1 is 0.371 bits per heavy atom. The van der Waals surface area contributed by atoms with Gasteiger partial charge in [0, 0.05) is 44.1 Å². The first kappa shape index (κ1) is 36.2. The molecule has 10 aromatic rings. The average molecular weight is 799 g/mol. The lowest BCUT2D eigenvalue weighted by Gasteiger charge is -2.29. The van der Waals surface area contributed by atoms with Gasteiger partial charge in [-0.25, -0.2) is 15.0 Å². The highest BCUT2D eigenvalue weighted by Crippen LogP contribution is 2.54. The van der Waals surface area contributed by atoms with Crippen molar-refractivity contribution < 1.29 is 4.42 Å². The van der Waals surface area contributed by atoms with Crippen LogP contribution in [-0.2, 0) is 10.8 Å². The van der Waals surface area contributed by atoms with Gasteiger partial charge in [0.05, 0.1) is 11.3 Å². The number of para-hydroxylation sites is 2. The molecule has 0 bridgehead atoms. The Hall–Kier alpha value is -7.63. The zero-order valence-corrected chi connectivity index (χ0v) is 35.0. The zero-order valence-electron chi connectivity index (χ0n) is 35.0. The van der Waals surface area contributed by atoms with Gasteiger partial charge in [0.2, 0.25) is 0 Å². The van der Waals surface area contributed by atoms with Gasteiger partial charge in [-0.1, -0.05) is 173 Å². The molecular formula is C57H42N4O. The normalized spacial score (nSPS) is 14.1. The summed E-state index contributed by atoms with van der Waals surface area (Å²) in [6.07, 6.45) is 0. The van der Waals surface area contributed by atoms with Crippen molar-refractivity contribution in [2.24, 2.45) is 0 Å². The summed E-state index contributed by atoms with van der Waals surface area (Å²) in [5, 5.41) is 2.02. The fraction of sp³-hybridized carbons (Fsp3) is 0.105. The molecule has 0 fully saturated rings. The maximum absolute atomic E-state index is 7.21. The van der Waals surface area contributed by atoms with Crippen LogP contribution in [0.1, 0.15) is 49.9 Å². The minimum atomic E-state index is -0.169. The van der Waals surface area contributed by atoms with E-state index in [9.17, 15) is 0 Å². The number of benzene rings is 8. The maximum Gasteiger partial charge on any atom is 0.167 e. The molecule has 8 aromatic carbocycles. The number of nitrogens with zero attached hydrogens (tertiary/aromatic N) is 4. The third-order valence-electron chi connectivity index (χ3n) is 13.3. The first-order chi connectivity index (χ1) is 30.3. The molecule has 0 radical (unpaired) electrons. The molecule has 12 rings (SSSR count). The number of furan rings is 1. The van der Waals surface area contributed by atoms with E-state index in [-0.39, 0.29) is 10.8 Å². The molecule has 0 spiro atoms. The molecule has 2 aromatic heterocycles. The summed E-state index contributed by atoms with van der Waals surface area (Å²) < 4.78 is 7.21. The topological polar surface area (TPSA) is 55.1 Å². The third-order valence-corrected chi connectivity index (χ3v) is 13.3. The standard InChI is InChI=1S/C57H42N4O/c1-56(2)46-26-13-11-21-39(46)41-31-29-37(33-48(41)56)61(38-30-32-42-40-22-12-14-27-47(40)57(3,4)49(42)34-38)50-28-16-24-44-43-23-15-25-45(51(43)62-52(44)50)55-59-53(35-17-7-5-8-18-35)58-54(60-55)36-19-9-6-10-20-36/h5-34H,1-4H3. The predicted molar refractivity (Wildman–Crippen MR) is 253 cm³/mol. The average Bonchev–Trinajstić information content (AvgIpc) is 3.90. The first-order valence-electron chi connectivity index (χ1n) is 21.4. The molecule has 5 heteroatoms. The monoisotopic (exact) mass is 798 g/mol. The molecule has 2 aliphatic rings. The van der Waals surface area contributed by atoms with Gasteiger partial charge in [-0.3, -0.25) is 0 Å². The highest BCUT2D eigenvalue weighted by Gasteiger charge is 2.38. The Balaban J connectivity index is 1.08. The lowest BCUT2D eigenvalue weighted by Crippen LogP contribution is -2.18. The molecule has 2 aliphatic carbocycles. The SMILES string of the molecule is CC1(C)c2ccccc2-c2ccc(N(c3ccc4c(c3)C(C)(C)c3ccccc3-4)c3cccc4c3oc3c(-c5nc(-c6ccccc6)nc(-c6ccccc6)n5)cccc34)cc21. The second-order valence-electron chi connectivity index (χ2n) is 17.6. The smallest absolute Gasteiger partial charge is 0.167 e. The highest BCUT2D eigenvalue weighted by atomic mass is 16.3. The summed E-state index contributed by atoms with van der Waals surface area (Å²) in [5.41, 5.74) is 17.4. The van der Waals surface area contributed by atoms with E-state index in [1.54, 1.807) is 0 Å². The molecular weight excluding hydrogens is 757 g/mol. The number of aromatic nitrogens is 3. The summed E-state index contributed by atoms with van der Waals surface area (Å²) >= 11 is 0. The number of hydrogen-bond donors (Lipinski definition) is 0. The van der Waals surface area contributed by atoms with Crippen molar-refractivity contribution in [3.05, 3.63) is 204 Å². The summed E-state index contributed by atoms with van der Waals surface area (Å²) in [6, 6.07) is 64.6. The van der Waals surface area contributed by atoms with E-state index in [4.69, 9.17) is 19.4 Å². The number of rotatable bonds is 6. The summed E-state index contributed by atoms with van der Waals surface area (Å²) in [5.74, 6) is 1.78. The van der Waals surface area contributed by atoms with Crippen LogP contribution in [0.4, 0.5) is 17.1 Å². The second kappa shape index (κ2) is 13.4. The summed E-state index contributed by atoms with van der Waals surface area (Å²) in [6.45, 7) is 9.37. The number of anilines is 3. The van der Waals surface area contributed by atoms with Gasteiger partial charge in [0.15, 0.2) is 23.1 Å². The molecule has 0 unspecified atom stereocenters. The van der Waals surface area contributed by atoms with Gasteiger partial charge in [-0.15, -0.1) is 0 Å². The fourth-order valence-corrected chi connectivity index (χ4v) is 10.2. The minimum Gasteiger partial charge on any atom is -0.453 e. The molecule has 0 N–H and O–H groups in total. The van der Waals surface area contributed by atoms with Gasteiger partial charge in [0.1, 0.15) is 5.58 Å². The van der Waals surface area contributed by atoms with E-state index in [2.05, 4.69) is 154 Å². The summed E-state index contributed by atoms with van der Waals surface area (Å²) in [7, 11) is 0. The van der Waals surface area contributed by atoms with Crippen LogP contribution in [-0.4, -0.2) is 15.0 Å². The molecule has 0 saturated heterocycles. The van der Waals surface area contributed by atoms with Crippen LogP contribution in [0, 0.1) is 0 Å². The lowest BCUT2D eigenvalue weighted by molar-refractivity contribution is 0.659. The molecule has 0 atom stereocenters. The first-order valence-corrected chi connectivity index (χ1v) is 21.4. The second-order valence-corrected chi connectivity index (χ2v) is 17.6. The molecule has 296 valence electrons. The van der Waals surface area contributed by atoms with E-state index in [1.165, 1.54) is 44.5 Å². The lowest BCUT2D eigenvalue weighted by atomic mass is 9.82. The Labute approximate surface area is 361 Å². The Kier molecular flexibility index (Phi) is 7.85. The quantitative estimate of drug-likeness (QED) is 0.168. The van der Waals surface area contributed by atoms with Crippen LogP contribution >= 0.6 is 0 Å². The van der Waals surface area contributed by atoms with Crippen molar-refractivity contribution in [1.29, 1.82) is 0 Å². The van der Waals surface area contributed by atoms with Crippen molar-refractivity contribution in [2.45, 2.75) is 38.5 Å². The highest BCUT2D eigenvalue weighted by molar-refractivity contribution is 6.13.